The summed E-state index contributed by atoms with van der Waals surface area (Å²) in [7, 11) is 0. The number of aromatic nitrogens is 4. The van der Waals surface area contributed by atoms with Crippen LogP contribution in [0.2, 0.25) is 0 Å². The third-order valence-corrected chi connectivity index (χ3v) is 4.60. The fourth-order valence-electron chi connectivity index (χ4n) is 3.24. The third kappa shape index (κ3) is 3.36. The van der Waals surface area contributed by atoms with E-state index < -0.39 is 11.7 Å². The molecule has 7 heteroatoms. The Kier molecular flexibility index (Phi) is 4.59. The van der Waals surface area contributed by atoms with Crippen LogP contribution in [0.4, 0.5) is 4.79 Å². The highest BCUT2D eigenvalue weighted by molar-refractivity contribution is 6.16. The Hall–Kier alpha value is -2.86. The minimum Gasteiger partial charge on any atom is -0.443 e. The van der Waals surface area contributed by atoms with Crippen LogP contribution in [0.25, 0.3) is 22.1 Å². The van der Waals surface area contributed by atoms with Crippen molar-refractivity contribution in [3.8, 4) is 0 Å². The molecule has 0 spiro atoms. The number of hydrogen-bond donors (Lipinski definition) is 0. The maximum Gasteiger partial charge on any atom is 0.420 e. The topological polar surface area (TPSA) is 61.9 Å². The molecule has 0 fully saturated rings. The molecule has 0 radical (unpaired) electrons. The zero-order valence-electron chi connectivity index (χ0n) is 16.0. The van der Waals surface area contributed by atoms with E-state index in [1.807, 2.05) is 73.9 Å². The molecule has 0 bridgehead atoms. The van der Waals surface area contributed by atoms with Gasteiger partial charge in [0, 0.05) is 0 Å². The van der Waals surface area contributed by atoms with Crippen molar-refractivity contribution in [2.45, 2.75) is 38.8 Å². The van der Waals surface area contributed by atoms with Crippen LogP contribution in [0.5, 0.6) is 0 Å². The Balaban J connectivity index is 1.86. The molecule has 0 amide bonds. The number of carbonyl (C=O) groups is 1. The molecular weight excluding hydrogens is 376 g/mol. The number of para-hydroxylation sites is 4. The maximum atomic E-state index is 13.0. The van der Waals surface area contributed by atoms with Gasteiger partial charge in [0.25, 0.3) is 0 Å². The molecule has 0 aliphatic carbocycles. The van der Waals surface area contributed by atoms with E-state index in [-0.39, 0.29) is 5.88 Å². The van der Waals surface area contributed by atoms with Crippen molar-refractivity contribution in [2.24, 2.45) is 0 Å². The van der Waals surface area contributed by atoms with Crippen molar-refractivity contribution in [3.63, 3.8) is 0 Å². The smallest absolute Gasteiger partial charge is 0.420 e. The lowest BCUT2D eigenvalue weighted by atomic mass is 10.2. The number of hydrogen-bond acceptors (Lipinski definition) is 4. The average molecular weight is 397 g/mol. The molecule has 0 unspecified atom stereocenters. The maximum absolute atomic E-state index is 13.0. The van der Waals surface area contributed by atoms with E-state index in [4.69, 9.17) is 21.3 Å². The van der Waals surface area contributed by atoms with Gasteiger partial charge in [-0.15, -0.1) is 11.6 Å². The summed E-state index contributed by atoms with van der Waals surface area (Å²) in [6, 6.07) is 15.3. The van der Waals surface area contributed by atoms with Crippen LogP contribution < -0.4 is 0 Å². The van der Waals surface area contributed by atoms with Gasteiger partial charge in [-0.25, -0.2) is 19.3 Å². The standard InChI is InChI=1S/C21H21ClN4O2/c1-21(2,3)28-20(27)26-17-11-7-5-9-15(17)24-19(26)13-25-16-10-6-4-8-14(16)23-18(25)12-22/h4-11H,12-13H2,1-3H3. The minimum absolute atomic E-state index is 0.265. The Bertz CT molecular complexity index is 1170. The largest absolute Gasteiger partial charge is 0.443 e. The fourth-order valence-corrected chi connectivity index (χ4v) is 3.44. The van der Waals surface area contributed by atoms with E-state index in [1.165, 1.54) is 4.57 Å². The summed E-state index contributed by atoms with van der Waals surface area (Å²) < 4.78 is 9.15. The SMILES string of the molecule is CC(C)(C)OC(=O)n1c(Cn2c(CCl)nc3ccccc32)nc2ccccc21. The Morgan fingerprint density at radius 3 is 2.18 bits per heavy atom. The van der Waals surface area contributed by atoms with E-state index >= 15 is 0 Å². The summed E-state index contributed by atoms with van der Waals surface area (Å²) in [6.07, 6.45) is -0.451. The van der Waals surface area contributed by atoms with Gasteiger partial charge < -0.3 is 9.30 Å². The Morgan fingerprint density at radius 1 is 0.964 bits per heavy atom. The van der Waals surface area contributed by atoms with Crippen molar-refractivity contribution in [2.75, 3.05) is 0 Å². The number of alkyl halides is 1. The van der Waals surface area contributed by atoms with Crippen LogP contribution in [0.15, 0.2) is 48.5 Å². The molecule has 6 nitrogen and oxygen atoms in total. The minimum atomic E-state index is -0.608. The molecule has 2 aromatic carbocycles. The van der Waals surface area contributed by atoms with Crippen LogP contribution >= 0.6 is 11.6 Å². The van der Waals surface area contributed by atoms with Crippen molar-refractivity contribution in [3.05, 3.63) is 60.2 Å². The van der Waals surface area contributed by atoms with E-state index in [1.54, 1.807) is 0 Å². The van der Waals surface area contributed by atoms with E-state index in [9.17, 15) is 4.79 Å². The number of halogens is 1. The van der Waals surface area contributed by atoms with E-state index in [2.05, 4.69) is 4.98 Å². The van der Waals surface area contributed by atoms with Gasteiger partial charge in [-0.3, -0.25) is 0 Å². The lowest BCUT2D eigenvalue weighted by molar-refractivity contribution is 0.0538. The van der Waals surface area contributed by atoms with Crippen LogP contribution in [0.3, 0.4) is 0 Å². The Morgan fingerprint density at radius 2 is 1.54 bits per heavy atom. The first-order chi connectivity index (χ1) is 13.4. The average Bonchev–Trinajstić information content (AvgIpc) is 3.18. The predicted molar refractivity (Wildman–Crippen MR) is 110 cm³/mol. The van der Waals surface area contributed by atoms with E-state index in [0.717, 1.165) is 22.4 Å². The van der Waals surface area contributed by atoms with E-state index in [0.29, 0.717) is 17.9 Å². The number of ether oxygens (including phenoxy) is 1. The van der Waals surface area contributed by atoms with Gasteiger partial charge in [0.2, 0.25) is 0 Å². The number of nitrogens with zero attached hydrogens (tertiary/aromatic N) is 4. The molecule has 2 aromatic heterocycles. The highest BCUT2D eigenvalue weighted by Crippen LogP contribution is 2.23. The lowest BCUT2D eigenvalue weighted by Crippen LogP contribution is -2.28. The summed E-state index contributed by atoms with van der Waals surface area (Å²) in [5, 5.41) is 0. The molecule has 144 valence electrons. The highest BCUT2D eigenvalue weighted by atomic mass is 35.5. The molecular formula is C21H21ClN4O2. The molecule has 0 saturated carbocycles. The molecule has 2 heterocycles. The number of fused-ring (bicyclic) bond motifs is 2. The molecule has 4 aromatic rings. The van der Waals surface area contributed by atoms with Crippen LogP contribution in [0.1, 0.15) is 32.4 Å². The quantitative estimate of drug-likeness (QED) is 0.459. The van der Waals surface area contributed by atoms with Crippen LogP contribution in [-0.2, 0) is 17.2 Å². The zero-order valence-corrected chi connectivity index (χ0v) is 16.8. The monoisotopic (exact) mass is 396 g/mol. The van der Waals surface area contributed by atoms with Gasteiger partial charge in [0.05, 0.1) is 34.5 Å². The molecule has 4 rings (SSSR count). The first-order valence-corrected chi connectivity index (χ1v) is 9.60. The van der Waals surface area contributed by atoms with Gasteiger partial charge in [-0.2, -0.15) is 0 Å². The van der Waals surface area contributed by atoms with Crippen LogP contribution in [-0.4, -0.2) is 30.8 Å². The predicted octanol–water partition coefficient (Wildman–Crippen LogP) is 4.96. The van der Waals surface area contributed by atoms with Gasteiger partial charge in [-0.1, -0.05) is 24.3 Å². The summed E-state index contributed by atoms with van der Waals surface area (Å²) in [5.41, 5.74) is 2.64. The van der Waals surface area contributed by atoms with Gasteiger partial charge >= 0.3 is 6.09 Å². The molecule has 28 heavy (non-hydrogen) atoms. The van der Waals surface area contributed by atoms with Gasteiger partial charge in [0.15, 0.2) is 0 Å². The second-order valence-corrected chi connectivity index (χ2v) is 7.84. The van der Waals surface area contributed by atoms with Crippen molar-refractivity contribution >= 4 is 39.8 Å². The fraction of sp³-hybridized carbons (Fsp3) is 0.286. The molecule has 0 aliphatic rings. The first-order valence-electron chi connectivity index (χ1n) is 9.07. The lowest BCUT2D eigenvalue weighted by Gasteiger charge is -2.20. The van der Waals surface area contributed by atoms with Crippen molar-refractivity contribution < 1.29 is 9.53 Å². The third-order valence-electron chi connectivity index (χ3n) is 4.36. The zero-order chi connectivity index (χ0) is 19.9. The molecule has 0 saturated heterocycles. The summed E-state index contributed by atoms with van der Waals surface area (Å²) in [4.78, 5) is 22.2. The molecule has 0 N–H and O–H groups in total. The van der Waals surface area contributed by atoms with Crippen LogP contribution in [0, 0.1) is 0 Å². The van der Waals surface area contributed by atoms with Crippen molar-refractivity contribution in [1.29, 1.82) is 0 Å². The summed E-state index contributed by atoms with van der Waals surface area (Å²) >= 11 is 6.14. The highest BCUT2D eigenvalue weighted by Gasteiger charge is 2.24. The number of rotatable bonds is 3. The summed E-state index contributed by atoms with van der Waals surface area (Å²) in [5.74, 6) is 1.57. The number of benzene rings is 2. The second-order valence-electron chi connectivity index (χ2n) is 7.57. The molecule has 0 atom stereocenters. The Labute approximate surface area is 167 Å². The number of imidazole rings is 2. The van der Waals surface area contributed by atoms with Crippen molar-refractivity contribution in [1.82, 2.24) is 19.1 Å². The normalized spacial score (nSPS) is 12.0. The van der Waals surface area contributed by atoms with Gasteiger partial charge in [0.1, 0.15) is 17.2 Å². The van der Waals surface area contributed by atoms with Gasteiger partial charge in [-0.05, 0) is 45.0 Å². The number of carbonyl (C=O) groups excluding carboxylic acids is 1. The summed E-state index contributed by atoms with van der Waals surface area (Å²) in [6.45, 7) is 5.90. The first kappa shape index (κ1) is 18.5. The second kappa shape index (κ2) is 6.95. The molecule has 0 aliphatic heterocycles.